The van der Waals surface area contributed by atoms with Crippen molar-refractivity contribution in [3.63, 3.8) is 0 Å². The van der Waals surface area contributed by atoms with E-state index < -0.39 is 10.0 Å². The Kier molecular flexibility index (Phi) is 3.67. The minimum atomic E-state index is -3.47. The molecule has 3 N–H and O–H groups in total. The molecule has 21 heavy (non-hydrogen) atoms. The molecular formula is C15H21N3O2S. The van der Waals surface area contributed by atoms with Crippen LogP contribution >= 0.6 is 0 Å². The van der Waals surface area contributed by atoms with E-state index in [4.69, 9.17) is 5.73 Å². The van der Waals surface area contributed by atoms with Gasteiger partial charge in [-0.2, -0.15) is 4.31 Å². The van der Waals surface area contributed by atoms with Crippen LogP contribution in [0, 0.1) is 0 Å². The summed E-state index contributed by atoms with van der Waals surface area (Å²) in [5.41, 5.74) is 7.13. The molecule has 1 fully saturated rings. The van der Waals surface area contributed by atoms with E-state index in [-0.39, 0.29) is 6.04 Å². The normalized spacial score (nSPS) is 21.5. The second-order valence-corrected chi connectivity index (χ2v) is 7.63. The molecule has 1 saturated heterocycles. The summed E-state index contributed by atoms with van der Waals surface area (Å²) in [5, 5.41) is 0.709. The van der Waals surface area contributed by atoms with Gasteiger partial charge in [0.15, 0.2) is 0 Å². The monoisotopic (exact) mass is 307 g/mol. The number of hydrogen-bond acceptors (Lipinski definition) is 3. The van der Waals surface area contributed by atoms with Crippen molar-refractivity contribution < 1.29 is 8.42 Å². The van der Waals surface area contributed by atoms with Crippen LogP contribution in [0.5, 0.6) is 0 Å². The number of hydrogen-bond donors (Lipinski definition) is 2. The molecule has 1 aromatic heterocycles. The SMILES string of the molecule is CC1CCCCCN1S(=O)(=O)c1c[nH]c2cc(N)ccc12. The summed E-state index contributed by atoms with van der Waals surface area (Å²) in [6.07, 6.45) is 5.63. The number of H-pyrrole nitrogens is 1. The number of sulfonamides is 1. The van der Waals surface area contributed by atoms with Crippen LogP contribution in [0.1, 0.15) is 32.6 Å². The third-order valence-electron chi connectivity index (χ3n) is 4.25. The molecule has 1 aliphatic heterocycles. The lowest BCUT2D eigenvalue weighted by Crippen LogP contribution is -2.38. The van der Waals surface area contributed by atoms with Gasteiger partial charge in [0, 0.05) is 35.4 Å². The number of nitrogens with two attached hydrogens (primary N) is 1. The zero-order chi connectivity index (χ0) is 15.0. The standard InChI is InChI=1S/C15H21N3O2S/c1-11-5-3-2-4-8-18(11)21(19,20)15-10-17-14-9-12(16)6-7-13(14)15/h6-7,9-11,17H,2-5,8,16H2,1H3. The lowest BCUT2D eigenvalue weighted by molar-refractivity contribution is 0.342. The van der Waals surface area contributed by atoms with Crippen LogP contribution in [0.15, 0.2) is 29.3 Å². The highest BCUT2D eigenvalue weighted by atomic mass is 32.2. The molecule has 0 spiro atoms. The smallest absolute Gasteiger partial charge is 0.245 e. The van der Waals surface area contributed by atoms with Gasteiger partial charge in [0.2, 0.25) is 10.0 Å². The summed E-state index contributed by atoms with van der Waals surface area (Å²) in [5.74, 6) is 0. The van der Waals surface area contributed by atoms with Gasteiger partial charge in [0.1, 0.15) is 4.90 Å². The Hall–Kier alpha value is -1.53. The van der Waals surface area contributed by atoms with E-state index in [1.165, 1.54) is 0 Å². The second-order valence-electron chi connectivity index (χ2n) is 5.77. The third kappa shape index (κ3) is 2.53. The molecule has 2 aromatic rings. The molecule has 1 aromatic carbocycles. The van der Waals surface area contributed by atoms with Gasteiger partial charge in [-0.25, -0.2) is 8.42 Å². The van der Waals surface area contributed by atoms with Gasteiger partial charge >= 0.3 is 0 Å². The van der Waals surface area contributed by atoms with Crippen molar-refractivity contribution in [1.29, 1.82) is 0 Å². The Labute approximate surface area is 125 Å². The summed E-state index contributed by atoms with van der Waals surface area (Å²) in [4.78, 5) is 3.37. The van der Waals surface area contributed by atoms with Crippen LogP contribution in [0.2, 0.25) is 0 Å². The van der Waals surface area contributed by atoms with Crippen molar-refractivity contribution in [3.05, 3.63) is 24.4 Å². The molecule has 0 saturated carbocycles. The number of fused-ring (bicyclic) bond motifs is 1. The Morgan fingerprint density at radius 1 is 1.29 bits per heavy atom. The number of nitrogens with zero attached hydrogens (tertiary/aromatic N) is 1. The summed E-state index contributed by atoms with van der Waals surface area (Å²) in [6.45, 7) is 2.60. The van der Waals surface area contributed by atoms with Gasteiger partial charge in [-0.15, -0.1) is 0 Å². The van der Waals surface area contributed by atoms with E-state index in [9.17, 15) is 8.42 Å². The first-order valence-corrected chi connectivity index (χ1v) is 8.82. The molecular weight excluding hydrogens is 286 g/mol. The molecule has 2 heterocycles. The van der Waals surface area contributed by atoms with Gasteiger partial charge in [-0.3, -0.25) is 0 Å². The Bertz CT molecular complexity index is 751. The highest BCUT2D eigenvalue weighted by Crippen LogP contribution is 2.30. The average Bonchev–Trinajstić information content (AvgIpc) is 2.73. The van der Waals surface area contributed by atoms with Gasteiger partial charge < -0.3 is 10.7 Å². The minimum absolute atomic E-state index is 0.0521. The highest BCUT2D eigenvalue weighted by Gasteiger charge is 2.31. The summed E-state index contributed by atoms with van der Waals surface area (Å²) in [7, 11) is -3.47. The van der Waals surface area contributed by atoms with Crippen molar-refractivity contribution in [2.45, 2.75) is 43.5 Å². The third-order valence-corrected chi connectivity index (χ3v) is 6.30. The average molecular weight is 307 g/mol. The summed E-state index contributed by atoms with van der Waals surface area (Å²) >= 11 is 0. The molecule has 1 atom stereocenters. The van der Waals surface area contributed by atoms with Crippen molar-refractivity contribution in [2.75, 3.05) is 12.3 Å². The minimum Gasteiger partial charge on any atom is -0.399 e. The number of aromatic amines is 1. The number of anilines is 1. The van der Waals surface area contributed by atoms with E-state index >= 15 is 0 Å². The number of rotatable bonds is 2. The summed E-state index contributed by atoms with van der Waals surface area (Å²) < 4.78 is 27.6. The van der Waals surface area contributed by atoms with Gasteiger partial charge in [-0.1, -0.05) is 12.8 Å². The molecule has 3 rings (SSSR count). The van der Waals surface area contributed by atoms with Crippen LogP contribution in [0.25, 0.3) is 10.9 Å². The van der Waals surface area contributed by atoms with Gasteiger partial charge in [-0.05, 0) is 38.0 Å². The van der Waals surface area contributed by atoms with Crippen LogP contribution < -0.4 is 5.73 Å². The quantitative estimate of drug-likeness (QED) is 0.837. The number of benzene rings is 1. The van der Waals surface area contributed by atoms with Gasteiger partial charge in [0.05, 0.1) is 0 Å². The zero-order valence-electron chi connectivity index (χ0n) is 12.2. The Morgan fingerprint density at radius 3 is 2.90 bits per heavy atom. The van der Waals surface area contributed by atoms with Crippen LogP contribution in [-0.4, -0.2) is 30.3 Å². The van der Waals surface area contributed by atoms with Crippen LogP contribution in [0.3, 0.4) is 0 Å². The van der Waals surface area contributed by atoms with Crippen molar-refractivity contribution in [2.24, 2.45) is 0 Å². The molecule has 1 aliphatic rings. The Balaban J connectivity index is 2.07. The van der Waals surface area contributed by atoms with Crippen molar-refractivity contribution >= 4 is 26.6 Å². The Morgan fingerprint density at radius 2 is 2.10 bits per heavy atom. The van der Waals surface area contributed by atoms with Crippen LogP contribution in [-0.2, 0) is 10.0 Å². The molecule has 114 valence electrons. The molecule has 0 bridgehead atoms. The lowest BCUT2D eigenvalue weighted by Gasteiger charge is -2.25. The van der Waals surface area contributed by atoms with Gasteiger partial charge in [0.25, 0.3) is 0 Å². The van der Waals surface area contributed by atoms with Crippen molar-refractivity contribution in [3.8, 4) is 0 Å². The fraction of sp³-hybridized carbons (Fsp3) is 0.467. The molecule has 5 nitrogen and oxygen atoms in total. The maximum absolute atomic E-state index is 13.0. The first kappa shape index (κ1) is 14.4. The number of nitrogen functional groups attached to an aromatic ring is 1. The molecule has 0 amide bonds. The van der Waals surface area contributed by atoms with E-state index in [0.29, 0.717) is 22.5 Å². The molecule has 6 heteroatoms. The fourth-order valence-electron chi connectivity index (χ4n) is 3.06. The van der Waals surface area contributed by atoms with E-state index in [1.807, 2.05) is 6.92 Å². The topological polar surface area (TPSA) is 79.2 Å². The van der Waals surface area contributed by atoms with E-state index in [2.05, 4.69) is 4.98 Å². The molecule has 0 aliphatic carbocycles. The van der Waals surface area contributed by atoms with E-state index in [1.54, 1.807) is 28.7 Å². The number of nitrogens with one attached hydrogen (secondary N) is 1. The molecule has 0 radical (unpaired) electrons. The van der Waals surface area contributed by atoms with Crippen molar-refractivity contribution in [1.82, 2.24) is 9.29 Å². The zero-order valence-corrected chi connectivity index (χ0v) is 13.0. The predicted molar refractivity (Wildman–Crippen MR) is 84.5 cm³/mol. The van der Waals surface area contributed by atoms with Crippen LogP contribution in [0.4, 0.5) is 5.69 Å². The largest absolute Gasteiger partial charge is 0.399 e. The molecule has 1 unspecified atom stereocenters. The first-order chi connectivity index (χ1) is 10.00. The summed E-state index contributed by atoms with van der Waals surface area (Å²) in [6, 6.07) is 5.33. The predicted octanol–water partition coefficient (Wildman–Crippen LogP) is 2.70. The lowest BCUT2D eigenvalue weighted by atomic mass is 10.1. The maximum atomic E-state index is 13.0. The number of aromatic nitrogens is 1. The first-order valence-electron chi connectivity index (χ1n) is 7.38. The fourth-order valence-corrected chi connectivity index (χ4v) is 4.93. The second kappa shape index (κ2) is 5.35. The highest BCUT2D eigenvalue weighted by molar-refractivity contribution is 7.89. The van der Waals surface area contributed by atoms with E-state index in [0.717, 1.165) is 31.2 Å². The maximum Gasteiger partial charge on any atom is 0.245 e.